The van der Waals surface area contributed by atoms with Gasteiger partial charge in [0.25, 0.3) is 15.6 Å². The lowest BCUT2D eigenvalue weighted by atomic mass is 10.1. The lowest BCUT2D eigenvalue weighted by Crippen LogP contribution is -2.56. The quantitative estimate of drug-likeness (QED) is 0.575. The maximum Gasteiger partial charge on any atom is 0.444 e. The van der Waals surface area contributed by atoms with Crippen LogP contribution in [0.2, 0.25) is 0 Å². The van der Waals surface area contributed by atoms with Gasteiger partial charge in [-0.3, -0.25) is 4.79 Å². The number of carbonyl (C=O) groups is 1. The first-order valence-corrected chi connectivity index (χ1v) is 11.2. The summed E-state index contributed by atoms with van der Waals surface area (Å²) in [6.45, 7) is 2.86. The lowest BCUT2D eigenvalue weighted by Gasteiger charge is -2.21. The molecule has 2 heterocycles. The number of halogens is 3. The predicted octanol–water partition coefficient (Wildman–Crippen LogP) is 1.65. The van der Waals surface area contributed by atoms with Crippen LogP contribution in [0.4, 0.5) is 18.0 Å². The molecule has 1 aromatic carbocycles. The van der Waals surface area contributed by atoms with Gasteiger partial charge in [-0.15, -0.1) is 4.68 Å². The molecular weight excluding hydrogens is 471 g/mol. The number of benzene rings is 1. The molecule has 0 saturated heterocycles. The molecule has 0 saturated carbocycles. The Kier molecular flexibility index (Phi) is 6.10. The molecule has 178 valence electrons. The summed E-state index contributed by atoms with van der Waals surface area (Å²) in [4.78, 5) is 43.9. The number of amides is 1. The minimum atomic E-state index is -4.87. The van der Waals surface area contributed by atoms with Crippen LogP contribution in [0.25, 0.3) is 16.6 Å². The second-order valence-corrected chi connectivity index (χ2v) is 8.74. The Morgan fingerprint density at radius 1 is 1.27 bits per heavy atom. The van der Waals surface area contributed by atoms with E-state index in [0.29, 0.717) is 18.7 Å². The van der Waals surface area contributed by atoms with Crippen molar-refractivity contribution in [2.75, 3.05) is 17.3 Å². The maximum absolute atomic E-state index is 13.7. The second-order valence-electron chi connectivity index (χ2n) is 6.92. The van der Waals surface area contributed by atoms with Gasteiger partial charge in [0, 0.05) is 12.4 Å². The Morgan fingerprint density at radius 2 is 1.94 bits per heavy atom. The van der Waals surface area contributed by atoms with E-state index in [1.54, 1.807) is 6.92 Å². The Morgan fingerprint density at radius 3 is 2.45 bits per heavy atom. The Labute approximate surface area is 184 Å². The summed E-state index contributed by atoms with van der Waals surface area (Å²) >= 11 is 0. The van der Waals surface area contributed by atoms with Crippen molar-refractivity contribution >= 4 is 27.0 Å². The molecule has 0 aliphatic carbocycles. The summed E-state index contributed by atoms with van der Waals surface area (Å²) in [5, 5.41) is -0.484. The molecule has 11 nitrogen and oxygen atoms in total. The van der Waals surface area contributed by atoms with Gasteiger partial charge < -0.3 is 14.3 Å². The first-order valence-electron chi connectivity index (χ1n) is 9.35. The molecule has 0 unspecified atom stereocenters. The van der Waals surface area contributed by atoms with E-state index in [2.05, 4.69) is 4.98 Å². The van der Waals surface area contributed by atoms with Crippen LogP contribution in [0.3, 0.4) is 0 Å². The van der Waals surface area contributed by atoms with Gasteiger partial charge in [0.1, 0.15) is 5.82 Å². The third kappa shape index (κ3) is 4.48. The summed E-state index contributed by atoms with van der Waals surface area (Å²) in [6, 6.07) is 1.39. The number of fused-ring (bicyclic) bond motifs is 1. The van der Waals surface area contributed by atoms with E-state index >= 15 is 0 Å². The Hall–Kier alpha value is -3.62. The van der Waals surface area contributed by atoms with Gasteiger partial charge in [0.05, 0.1) is 35.0 Å². The van der Waals surface area contributed by atoms with Crippen molar-refractivity contribution in [3.8, 4) is 5.69 Å². The van der Waals surface area contributed by atoms with Crippen LogP contribution in [-0.2, 0) is 20.9 Å². The first kappa shape index (κ1) is 24.0. The molecule has 1 amide bonds. The SMILES string of the molecule is CCCOC(=O)N(n1c(=O)[nH]c2cc(C(F)(F)F)c(-n3ccnc3C)cc2c1=O)S(C)(=O)=O. The average Bonchev–Trinajstić information content (AvgIpc) is 3.12. The molecule has 0 spiro atoms. The van der Waals surface area contributed by atoms with Crippen molar-refractivity contribution in [1.29, 1.82) is 0 Å². The van der Waals surface area contributed by atoms with Gasteiger partial charge in [0.15, 0.2) is 0 Å². The van der Waals surface area contributed by atoms with E-state index in [1.165, 1.54) is 19.3 Å². The van der Waals surface area contributed by atoms with Gasteiger partial charge in [-0.25, -0.2) is 23.0 Å². The monoisotopic (exact) mass is 489 g/mol. The Balaban J connectivity index is 2.39. The Bertz CT molecular complexity index is 1450. The number of rotatable bonds is 5. The van der Waals surface area contributed by atoms with E-state index in [9.17, 15) is 36.0 Å². The highest BCUT2D eigenvalue weighted by molar-refractivity contribution is 7.92. The van der Waals surface area contributed by atoms with Crippen molar-refractivity contribution in [1.82, 2.24) is 19.2 Å². The van der Waals surface area contributed by atoms with Gasteiger partial charge in [-0.05, 0) is 25.5 Å². The average molecular weight is 489 g/mol. The fourth-order valence-electron chi connectivity index (χ4n) is 3.08. The molecule has 2 aromatic heterocycles. The van der Waals surface area contributed by atoms with E-state index in [4.69, 9.17) is 4.74 Å². The highest BCUT2D eigenvalue weighted by Crippen LogP contribution is 2.35. The number of alkyl halides is 3. The normalized spacial score (nSPS) is 12.2. The second kappa shape index (κ2) is 8.38. The molecule has 33 heavy (non-hydrogen) atoms. The standard InChI is InChI=1S/C18H18F3N5O6S/c1-4-7-32-17(29)26(33(3,30)31)25-15(27)11-8-14(24-6-5-22-10(24)2)12(18(19,20)21)9-13(11)23-16(25)28/h5-6,8-9H,4,7H2,1-3H3,(H,23,28). The maximum atomic E-state index is 13.7. The number of H-pyrrole nitrogens is 1. The number of aromatic nitrogens is 4. The molecule has 0 aliphatic rings. The van der Waals surface area contributed by atoms with E-state index in [-0.39, 0.29) is 21.5 Å². The van der Waals surface area contributed by atoms with Gasteiger partial charge in [-0.1, -0.05) is 11.3 Å². The van der Waals surface area contributed by atoms with Gasteiger partial charge in [0.2, 0.25) is 0 Å². The number of ether oxygens (including phenoxy) is 1. The summed E-state index contributed by atoms with van der Waals surface area (Å²) < 4.78 is 71.2. The molecule has 1 N–H and O–H groups in total. The number of hydrogen-bond donors (Lipinski definition) is 1. The van der Waals surface area contributed by atoms with Crippen LogP contribution in [-0.4, -0.2) is 46.6 Å². The summed E-state index contributed by atoms with van der Waals surface area (Å²) in [5.74, 6) is 0.172. The number of aromatic amines is 1. The van der Waals surface area contributed by atoms with Crippen molar-refractivity contribution in [3.05, 3.63) is 56.8 Å². The minimum absolute atomic E-state index is 0.0343. The molecule has 3 rings (SSSR count). The summed E-state index contributed by atoms with van der Waals surface area (Å²) in [5.41, 5.74) is -4.97. The van der Waals surface area contributed by atoms with E-state index < -0.39 is 55.7 Å². The van der Waals surface area contributed by atoms with Crippen LogP contribution >= 0.6 is 0 Å². The smallest absolute Gasteiger partial charge is 0.444 e. The molecule has 0 fully saturated rings. The van der Waals surface area contributed by atoms with Crippen LogP contribution in [0.5, 0.6) is 0 Å². The predicted molar refractivity (Wildman–Crippen MR) is 110 cm³/mol. The van der Waals surface area contributed by atoms with E-state index in [1.807, 2.05) is 4.98 Å². The minimum Gasteiger partial charge on any atom is -0.447 e. The number of nitrogens with one attached hydrogen (secondary N) is 1. The molecule has 0 bridgehead atoms. The largest absolute Gasteiger partial charge is 0.447 e. The van der Waals surface area contributed by atoms with Gasteiger partial charge in [-0.2, -0.15) is 13.2 Å². The summed E-state index contributed by atoms with van der Waals surface area (Å²) in [6.07, 6.45) is -3.03. The van der Waals surface area contributed by atoms with Crippen molar-refractivity contribution in [2.24, 2.45) is 0 Å². The highest BCUT2D eigenvalue weighted by Gasteiger charge is 2.36. The molecule has 0 radical (unpaired) electrons. The van der Waals surface area contributed by atoms with Gasteiger partial charge >= 0.3 is 18.0 Å². The van der Waals surface area contributed by atoms with Crippen molar-refractivity contribution in [3.63, 3.8) is 0 Å². The van der Waals surface area contributed by atoms with Crippen molar-refractivity contribution in [2.45, 2.75) is 26.4 Å². The first-order chi connectivity index (χ1) is 15.3. The molecule has 0 aliphatic heterocycles. The summed E-state index contributed by atoms with van der Waals surface area (Å²) in [7, 11) is -4.55. The number of sulfonamides is 1. The van der Waals surface area contributed by atoms with Crippen LogP contribution in [0.1, 0.15) is 24.7 Å². The van der Waals surface area contributed by atoms with Crippen LogP contribution < -0.4 is 15.7 Å². The molecular formula is C18H18F3N5O6S. The number of aryl methyl sites for hydroxylation is 1. The molecule has 15 heteroatoms. The fraction of sp³-hybridized carbons (Fsp3) is 0.333. The zero-order valence-corrected chi connectivity index (χ0v) is 18.3. The highest BCUT2D eigenvalue weighted by atomic mass is 32.2. The molecule has 3 aromatic rings. The molecule has 0 atom stereocenters. The van der Waals surface area contributed by atoms with Crippen LogP contribution in [0, 0.1) is 6.92 Å². The number of nitrogens with zero attached hydrogens (tertiary/aromatic N) is 4. The third-order valence-electron chi connectivity index (χ3n) is 4.46. The zero-order chi connectivity index (χ0) is 24.7. The number of carbonyl (C=O) groups excluding carboxylic acids is 1. The number of imidazole rings is 1. The lowest BCUT2D eigenvalue weighted by molar-refractivity contribution is -0.137. The fourth-order valence-corrected chi connectivity index (χ4v) is 3.85. The third-order valence-corrected chi connectivity index (χ3v) is 5.41. The zero-order valence-electron chi connectivity index (χ0n) is 17.5. The van der Waals surface area contributed by atoms with E-state index in [0.717, 1.165) is 10.6 Å². The van der Waals surface area contributed by atoms with Crippen LogP contribution in [0.15, 0.2) is 34.1 Å². The topological polar surface area (TPSA) is 136 Å². The van der Waals surface area contributed by atoms with Crippen molar-refractivity contribution < 1.29 is 31.1 Å². The number of hydrogen-bond acceptors (Lipinski definition) is 7.